The van der Waals surface area contributed by atoms with Crippen molar-refractivity contribution in [2.24, 2.45) is 11.8 Å². The van der Waals surface area contributed by atoms with Gasteiger partial charge in [-0.3, -0.25) is 9.59 Å². The molecular weight excluding hydrogens is 439 g/mol. The van der Waals surface area contributed by atoms with Crippen molar-refractivity contribution < 1.29 is 14.0 Å². The van der Waals surface area contributed by atoms with Gasteiger partial charge in [0.1, 0.15) is 15.7 Å². The third-order valence-corrected chi connectivity index (χ3v) is 8.15. The van der Waals surface area contributed by atoms with Crippen LogP contribution in [0.3, 0.4) is 0 Å². The number of thiazole rings is 1. The highest BCUT2D eigenvalue weighted by molar-refractivity contribution is 7.17. The molecule has 0 aliphatic carbocycles. The minimum Gasteiger partial charge on any atom is -0.355 e. The lowest BCUT2D eigenvalue weighted by Gasteiger charge is -2.34. The lowest BCUT2D eigenvalue weighted by atomic mass is 9.85. The molecule has 0 spiro atoms. The Bertz CT molecular complexity index is 963. The van der Waals surface area contributed by atoms with Gasteiger partial charge in [0.25, 0.3) is 5.91 Å². The second-order valence-electron chi connectivity index (χ2n) is 9.20. The average molecular weight is 473 g/mol. The van der Waals surface area contributed by atoms with Gasteiger partial charge >= 0.3 is 0 Å². The molecule has 0 saturated carbocycles. The maximum absolute atomic E-state index is 13.2. The molecule has 1 aromatic heterocycles. The zero-order valence-corrected chi connectivity index (χ0v) is 20.3. The third kappa shape index (κ3) is 5.79. The zero-order valence-electron chi connectivity index (χ0n) is 19.5. The van der Waals surface area contributed by atoms with Crippen LogP contribution in [0.2, 0.25) is 0 Å². The molecule has 1 atom stereocenters. The topological polar surface area (TPSA) is 65.5 Å². The van der Waals surface area contributed by atoms with E-state index in [1.165, 1.54) is 36.3 Å². The van der Waals surface area contributed by atoms with E-state index in [0.717, 1.165) is 43.0 Å². The Kier molecular flexibility index (Phi) is 7.75. The predicted molar refractivity (Wildman–Crippen MR) is 129 cm³/mol. The zero-order chi connectivity index (χ0) is 23.4. The number of rotatable bonds is 7. The highest BCUT2D eigenvalue weighted by Crippen LogP contribution is 2.31. The molecule has 2 saturated heterocycles. The van der Waals surface area contributed by atoms with Gasteiger partial charge < -0.3 is 15.1 Å². The van der Waals surface area contributed by atoms with Crippen molar-refractivity contribution in [1.82, 2.24) is 20.1 Å². The summed E-state index contributed by atoms with van der Waals surface area (Å²) in [7, 11) is 0. The van der Waals surface area contributed by atoms with Crippen LogP contribution in [-0.2, 0) is 4.79 Å². The van der Waals surface area contributed by atoms with E-state index in [1.807, 2.05) is 18.7 Å². The van der Waals surface area contributed by atoms with Crippen molar-refractivity contribution >= 4 is 23.2 Å². The number of piperidine rings is 1. The molecule has 2 aliphatic rings. The Balaban J connectivity index is 1.28. The van der Waals surface area contributed by atoms with Crippen molar-refractivity contribution in [3.63, 3.8) is 0 Å². The molecule has 178 valence electrons. The Morgan fingerprint density at radius 1 is 1.15 bits per heavy atom. The number of amides is 2. The summed E-state index contributed by atoms with van der Waals surface area (Å²) >= 11 is 1.36. The first-order valence-corrected chi connectivity index (χ1v) is 12.8. The molecule has 8 heteroatoms. The lowest BCUT2D eigenvalue weighted by Crippen LogP contribution is -2.43. The molecule has 0 unspecified atom stereocenters. The summed E-state index contributed by atoms with van der Waals surface area (Å²) in [4.78, 5) is 35.2. The monoisotopic (exact) mass is 472 g/mol. The minimum atomic E-state index is -0.291. The second-order valence-corrected chi connectivity index (χ2v) is 10.2. The van der Waals surface area contributed by atoms with Crippen molar-refractivity contribution in [3.05, 3.63) is 40.7 Å². The first-order valence-electron chi connectivity index (χ1n) is 11.9. The number of nitrogens with zero attached hydrogens (tertiary/aromatic N) is 3. The fraction of sp³-hybridized carbons (Fsp3) is 0.560. The number of hydrogen-bond donors (Lipinski definition) is 1. The maximum atomic E-state index is 13.2. The van der Waals surface area contributed by atoms with Crippen LogP contribution in [0.4, 0.5) is 4.39 Å². The number of halogens is 1. The molecule has 1 N–H and O–H groups in total. The van der Waals surface area contributed by atoms with Gasteiger partial charge in [0.2, 0.25) is 5.91 Å². The largest absolute Gasteiger partial charge is 0.355 e. The van der Waals surface area contributed by atoms with E-state index in [9.17, 15) is 14.0 Å². The van der Waals surface area contributed by atoms with Crippen molar-refractivity contribution in [2.75, 3.05) is 39.3 Å². The summed E-state index contributed by atoms with van der Waals surface area (Å²) in [5, 5.41) is 3.83. The van der Waals surface area contributed by atoms with E-state index in [0.29, 0.717) is 30.2 Å². The Morgan fingerprint density at radius 2 is 1.82 bits per heavy atom. The molecule has 2 aromatic rings. The molecule has 33 heavy (non-hydrogen) atoms. The van der Waals surface area contributed by atoms with Gasteiger partial charge in [0, 0.05) is 37.7 Å². The van der Waals surface area contributed by atoms with Gasteiger partial charge in [0.05, 0.1) is 5.69 Å². The Labute approximate surface area is 199 Å². The fourth-order valence-electron chi connectivity index (χ4n) is 4.78. The van der Waals surface area contributed by atoms with Crippen molar-refractivity contribution in [1.29, 1.82) is 0 Å². The summed E-state index contributed by atoms with van der Waals surface area (Å²) in [5.41, 5.74) is 1.52. The summed E-state index contributed by atoms with van der Waals surface area (Å²) in [6.45, 7) is 9.08. The van der Waals surface area contributed by atoms with Gasteiger partial charge in [-0.05, 0) is 75.9 Å². The maximum Gasteiger partial charge on any atom is 0.265 e. The van der Waals surface area contributed by atoms with Gasteiger partial charge in [0.15, 0.2) is 0 Å². The van der Waals surface area contributed by atoms with E-state index >= 15 is 0 Å². The summed E-state index contributed by atoms with van der Waals surface area (Å²) < 4.78 is 13.2. The number of carbonyl (C=O) groups is 2. The van der Waals surface area contributed by atoms with Crippen LogP contribution in [0, 0.1) is 24.6 Å². The number of nitrogens with one attached hydrogen (secondary N) is 1. The number of likely N-dealkylation sites (tertiary alicyclic amines) is 2. The lowest BCUT2D eigenvalue weighted by molar-refractivity contribution is -0.126. The van der Waals surface area contributed by atoms with Crippen LogP contribution in [0.5, 0.6) is 0 Å². The van der Waals surface area contributed by atoms with E-state index < -0.39 is 0 Å². The normalized spacial score (nSPS) is 18.5. The number of benzene rings is 1. The second kappa shape index (κ2) is 10.7. The predicted octanol–water partition coefficient (Wildman–Crippen LogP) is 3.96. The fourth-order valence-corrected chi connectivity index (χ4v) is 5.82. The molecular formula is C25H33FN4O2S. The van der Waals surface area contributed by atoms with Crippen LogP contribution < -0.4 is 5.32 Å². The molecule has 0 bridgehead atoms. The summed E-state index contributed by atoms with van der Waals surface area (Å²) in [6.07, 6.45) is 4.18. The van der Waals surface area contributed by atoms with Gasteiger partial charge in [-0.2, -0.15) is 0 Å². The summed E-state index contributed by atoms with van der Waals surface area (Å²) in [5.74, 6) is 0.0793. The highest BCUT2D eigenvalue weighted by Gasteiger charge is 2.31. The number of aryl methyl sites for hydroxylation is 1. The molecule has 3 heterocycles. The molecule has 6 nitrogen and oxygen atoms in total. The van der Waals surface area contributed by atoms with E-state index in [-0.39, 0.29) is 29.5 Å². The smallest absolute Gasteiger partial charge is 0.265 e. The molecule has 2 amide bonds. The quantitative estimate of drug-likeness (QED) is 0.663. The molecule has 2 fully saturated rings. The van der Waals surface area contributed by atoms with Crippen LogP contribution in [-0.4, -0.2) is 65.9 Å². The SMILES string of the molecule is Cc1nc(-c2ccc(F)cc2)sc1C(=O)N1CCC([C@@H](C)C(=O)NCCN2CCCC2)CC1. The molecule has 1 aromatic carbocycles. The Morgan fingerprint density at radius 3 is 2.48 bits per heavy atom. The van der Waals surface area contributed by atoms with E-state index in [1.54, 1.807) is 12.1 Å². The van der Waals surface area contributed by atoms with Gasteiger partial charge in [-0.25, -0.2) is 9.37 Å². The number of carbonyl (C=O) groups excluding carboxylic acids is 2. The van der Waals surface area contributed by atoms with Crippen LogP contribution >= 0.6 is 11.3 Å². The molecule has 2 aliphatic heterocycles. The van der Waals surface area contributed by atoms with Crippen LogP contribution in [0.25, 0.3) is 10.6 Å². The van der Waals surface area contributed by atoms with E-state index in [2.05, 4.69) is 15.2 Å². The van der Waals surface area contributed by atoms with Crippen LogP contribution in [0.1, 0.15) is 48.0 Å². The standard InChI is InChI=1S/C25H33FN4O2S/c1-17(23(31)27-11-16-29-12-3-4-13-29)19-9-14-30(15-10-19)25(32)22-18(2)28-24(33-22)20-5-7-21(26)8-6-20/h5-8,17,19H,3-4,9-16H2,1-2H3,(H,27,31)/t17-/m1/s1. The average Bonchev–Trinajstić information content (AvgIpc) is 3.48. The molecule has 4 rings (SSSR count). The van der Waals surface area contributed by atoms with Crippen LogP contribution in [0.15, 0.2) is 24.3 Å². The van der Waals surface area contributed by atoms with Gasteiger partial charge in [-0.1, -0.05) is 6.92 Å². The highest BCUT2D eigenvalue weighted by atomic mass is 32.1. The number of aromatic nitrogens is 1. The minimum absolute atomic E-state index is 0.000436. The van der Waals surface area contributed by atoms with E-state index in [4.69, 9.17) is 0 Å². The third-order valence-electron chi connectivity index (χ3n) is 6.96. The first kappa shape index (κ1) is 23.8. The van der Waals surface area contributed by atoms with Crippen molar-refractivity contribution in [2.45, 2.75) is 39.5 Å². The van der Waals surface area contributed by atoms with Gasteiger partial charge in [-0.15, -0.1) is 11.3 Å². The Hall–Kier alpha value is -2.32. The summed E-state index contributed by atoms with van der Waals surface area (Å²) in [6, 6.07) is 6.18. The number of hydrogen-bond acceptors (Lipinski definition) is 5. The molecule has 0 radical (unpaired) electrons. The van der Waals surface area contributed by atoms with Crippen molar-refractivity contribution in [3.8, 4) is 10.6 Å². The first-order chi connectivity index (χ1) is 15.9.